The van der Waals surface area contributed by atoms with Crippen LogP contribution in [0.2, 0.25) is 0 Å². The molecule has 0 unspecified atom stereocenters. The zero-order valence-electron chi connectivity index (χ0n) is 9.46. The van der Waals surface area contributed by atoms with E-state index < -0.39 is 5.97 Å². The van der Waals surface area contributed by atoms with Gasteiger partial charge >= 0.3 is 5.97 Å². The SMILES string of the molecule is CC1(C)C(c2cc(C(=O)O)n[nH]2)C1(C)C. The van der Waals surface area contributed by atoms with E-state index in [2.05, 4.69) is 37.9 Å². The number of carboxylic acid groups (broad SMARTS) is 1. The average Bonchev–Trinajstić information content (AvgIpc) is 2.52. The Balaban J connectivity index is 2.30. The summed E-state index contributed by atoms with van der Waals surface area (Å²) in [5, 5.41) is 15.4. The summed E-state index contributed by atoms with van der Waals surface area (Å²) < 4.78 is 0. The van der Waals surface area contributed by atoms with Crippen molar-refractivity contribution in [1.29, 1.82) is 0 Å². The number of nitrogens with one attached hydrogen (secondary N) is 1. The van der Waals surface area contributed by atoms with Gasteiger partial charge in [-0.05, 0) is 16.9 Å². The molecule has 1 aliphatic carbocycles. The molecule has 0 aliphatic heterocycles. The number of rotatable bonds is 2. The minimum absolute atomic E-state index is 0.100. The van der Waals surface area contributed by atoms with Gasteiger partial charge in [0.25, 0.3) is 0 Å². The Morgan fingerprint density at radius 2 is 1.93 bits per heavy atom. The van der Waals surface area contributed by atoms with E-state index in [9.17, 15) is 4.79 Å². The van der Waals surface area contributed by atoms with Crippen LogP contribution in [0.25, 0.3) is 0 Å². The highest BCUT2D eigenvalue weighted by Gasteiger charge is 2.65. The summed E-state index contributed by atoms with van der Waals surface area (Å²) in [6.07, 6.45) is 0. The predicted molar refractivity (Wildman–Crippen MR) is 55.9 cm³/mol. The normalized spacial score (nSPS) is 22.7. The second kappa shape index (κ2) is 2.62. The molecule has 1 fully saturated rings. The molecule has 0 spiro atoms. The van der Waals surface area contributed by atoms with Crippen molar-refractivity contribution in [2.24, 2.45) is 10.8 Å². The third kappa shape index (κ3) is 1.20. The average molecular weight is 208 g/mol. The van der Waals surface area contributed by atoms with Crippen molar-refractivity contribution in [3.8, 4) is 0 Å². The van der Waals surface area contributed by atoms with Gasteiger partial charge in [-0.3, -0.25) is 5.10 Å². The summed E-state index contributed by atoms with van der Waals surface area (Å²) in [4.78, 5) is 10.7. The number of aromatic carboxylic acids is 1. The first kappa shape index (κ1) is 10.2. The van der Waals surface area contributed by atoms with Crippen LogP contribution in [0.4, 0.5) is 0 Å². The van der Waals surface area contributed by atoms with E-state index in [0.717, 1.165) is 5.69 Å². The predicted octanol–water partition coefficient (Wildman–Crippen LogP) is 2.26. The molecule has 0 aromatic carbocycles. The van der Waals surface area contributed by atoms with Crippen LogP contribution in [-0.2, 0) is 0 Å². The molecule has 1 aromatic rings. The molecular weight excluding hydrogens is 192 g/mol. The van der Waals surface area contributed by atoms with Gasteiger partial charge in [0.05, 0.1) is 0 Å². The molecule has 0 amide bonds. The Morgan fingerprint density at radius 1 is 1.40 bits per heavy atom. The van der Waals surface area contributed by atoms with Crippen LogP contribution >= 0.6 is 0 Å². The number of aromatic nitrogens is 2. The van der Waals surface area contributed by atoms with Crippen LogP contribution in [-0.4, -0.2) is 21.3 Å². The number of nitrogens with zero attached hydrogens (tertiary/aromatic N) is 1. The maximum atomic E-state index is 10.7. The molecule has 0 bridgehead atoms. The highest BCUT2D eigenvalue weighted by molar-refractivity contribution is 5.85. The lowest BCUT2D eigenvalue weighted by Crippen LogP contribution is -1.95. The first-order valence-corrected chi connectivity index (χ1v) is 5.07. The quantitative estimate of drug-likeness (QED) is 0.783. The van der Waals surface area contributed by atoms with E-state index in [1.165, 1.54) is 0 Å². The fraction of sp³-hybridized carbons (Fsp3) is 0.636. The van der Waals surface area contributed by atoms with Crippen molar-refractivity contribution in [2.75, 3.05) is 0 Å². The van der Waals surface area contributed by atoms with Gasteiger partial charge in [-0.2, -0.15) is 5.10 Å². The minimum Gasteiger partial charge on any atom is -0.476 e. The molecule has 0 radical (unpaired) electrons. The molecule has 4 heteroatoms. The van der Waals surface area contributed by atoms with Crippen molar-refractivity contribution >= 4 is 5.97 Å². The molecule has 1 aliphatic rings. The van der Waals surface area contributed by atoms with Crippen molar-refractivity contribution < 1.29 is 9.90 Å². The van der Waals surface area contributed by atoms with Gasteiger partial charge in [0.2, 0.25) is 0 Å². The standard InChI is InChI=1S/C11H16N2O2/c1-10(2)8(11(10,3)4)6-5-7(9(14)15)13-12-6/h5,8H,1-4H3,(H,12,13)(H,14,15). The van der Waals surface area contributed by atoms with Gasteiger partial charge in [-0.15, -0.1) is 0 Å². The summed E-state index contributed by atoms with van der Waals surface area (Å²) in [6, 6.07) is 1.64. The number of carbonyl (C=O) groups is 1. The number of hydrogen-bond donors (Lipinski definition) is 2. The van der Waals surface area contributed by atoms with Crippen molar-refractivity contribution in [3.63, 3.8) is 0 Å². The Labute approximate surface area is 88.7 Å². The fourth-order valence-corrected chi connectivity index (χ4v) is 2.57. The third-order valence-corrected chi connectivity index (χ3v) is 4.15. The van der Waals surface area contributed by atoms with Crippen LogP contribution in [0, 0.1) is 10.8 Å². The van der Waals surface area contributed by atoms with E-state index in [0.29, 0.717) is 5.92 Å². The van der Waals surface area contributed by atoms with Gasteiger partial charge in [0.1, 0.15) is 0 Å². The molecule has 1 aromatic heterocycles. The van der Waals surface area contributed by atoms with Crippen LogP contribution in [0.5, 0.6) is 0 Å². The largest absolute Gasteiger partial charge is 0.476 e. The molecule has 0 saturated heterocycles. The molecule has 2 N–H and O–H groups in total. The Hall–Kier alpha value is -1.32. The number of H-pyrrole nitrogens is 1. The van der Waals surface area contributed by atoms with E-state index in [-0.39, 0.29) is 16.5 Å². The van der Waals surface area contributed by atoms with Crippen LogP contribution in [0.15, 0.2) is 6.07 Å². The second-order valence-electron chi connectivity index (χ2n) is 5.39. The topological polar surface area (TPSA) is 66.0 Å². The molecule has 0 atom stereocenters. The smallest absolute Gasteiger partial charge is 0.356 e. The Morgan fingerprint density at radius 3 is 2.27 bits per heavy atom. The zero-order chi connectivity index (χ0) is 11.4. The summed E-state index contributed by atoms with van der Waals surface area (Å²) in [6.45, 7) is 8.77. The molecule has 15 heavy (non-hydrogen) atoms. The van der Waals surface area contributed by atoms with E-state index >= 15 is 0 Å². The summed E-state index contributed by atoms with van der Waals surface area (Å²) in [5.41, 5.74) is 1.44. The lowest BCUT2D eigenvalue weighted by atomic mass is 10.0. The highest BCUT2D eigenvalue weighted by Crippen LogP contribution is 2.73. The first-order valence-electron chi connectivity index (χ1n) is 5.07. The highest BCUT2D eigenvalue weighted by atomic mass is 16.4. The number of aromatic amines is 1. The fourth-order valence-electron chi connectivity index (χ4n) is 2.57. The Bertz CT molecular complexity index is 404. The number of carboxylic acids is 1. The molecular formula is C11H16N2O2. The maximum absolute atomic E-state index is 10.7. The summed E-state index contributed by atoms with van der Waals surface area (Å²) in [7, 11) is 0. The van der Waals surface area contributed by atoms with E-state index in [4.69, 9.17) is 5.11 Å². The van der Waals surface area contributed by atoms with Gasteiger partial charge in [-0.1, -0.05) is 27.7 Å². The minimum atomic E-state index is -0.978. The maximum Gasteiger partial charge on any atom is 0.356 e. The van der Waals surface area contributed by atoms with Gasteiger partial charge in [0.15, 0.2) is 5.69 Å². The Kier molecular flexibility index (Phi) is 1.78. The van der Waals surface area contributed by atoms with Gasteiger partial charge < -0.3 is 5.11 Å². The molecule has 4 nitrogen and oxygen atoms in total. The summed E-state index contributed by atoms with van der Waals surface area (Å²) >= 11 is 0. The van der Waals surface area contributed by atoms with Crippen molar-refractivity contribution in [3.05, 3.63) is 17.5 Å². The molecule has 2 rings (SSSR count). The zero-order valence-corrected chi connectivity index (χ0v) is 9.46. The van der Waals surface area contributed by atoms with E-state index in [1.54, 1.807) is 6.07 Å². The lowest BCUT2D eigenvalue weighted by Gasteiger charge is -2.03. The molecule has 1 heterocycles. The second-order valence-corrected chi connectivity index (χ2v) is 5.39. The van der Waals surface area contributed by atoms with Crippen LogP contribution < -0.4 is 0 Å². The van der Waals surface area contributed by atoms with Crippen LogP contribution in [0.3, 0.4) is 0 Å². The van der Waals surface area contributed by atoms with Crippen LogP contribution in [0.1, 0.15) is 49.8 Å². The first-order chi connectivity index (χ1) is 6.78. The lowest BCUT2D eigenvalue weighted by molar-refractivity contribution is 0.0690. The van der Waals surface area contributed by atoms with Gasteiger partial charge in [0, 0.05) is 11.6 Å². The van der Waals surface area contributed by atoms with Crippen molar-refractivity contribution in [2.45, 2.75) is 33.6 Å². The summed E-state index contributed by atoms with van der Waals surface area (Å²) in [5.74, 6) is -0.612. The van der Waals surface area contributed by atoms with E-state index in [1.807, 2.05) is 0 Å². The van der Waals surface area contributed by atoms with Gasteiger partial charge in [-0.25, -0.2) is 4.79 Å². The molecule has 82 valence electrons. The third-order valence-electron chi connectivity index (χ3n) is 4.15. The van der Waals surface area contributed by atoms with Crippen molar-refractivity contribution in [1.82, 2.24) is 10.2 Å². The molecule has 1 saturated carbocycles. The monoisotopic (exact) mass is 208 g/mol. The number of hydrogen-bond acceptors (Lipinski definition) is 2.